The van der Waals surface area contributed by atoms with Crippen LogP contribution in [0.2, 0.25) is 0 Å². The first-order valence-electron chi connectivity index (χ1n) is 10.5. The second-order valence-corrected chi connectivity index (χ2v) is 7.45. The molecule has 4 aromatic rings. The molecule has 2 N–H and O–H groups in total. The number of fused-ring (bicyclic) bond motifs is 1. The molecule has 0 aliphatic rings. The van der Waals surface area contributed by atoms with E-state index in [-0.39, 0.29) is 19.1 Å². The number of carbonyl (C=O) groups is 1. The Morgan fingerprint density at radius 2 is 1.38 bits per heavy atom. The van der Waals surface area contributed by atoms with Gasteiger partial charge >= 0.3 is 0 Å². The molecular weight excluding hydrogens is 402 g/mol. The molecule has 0 saturated carbocycles. The summed E-state index contributed by atoms with van der Waals surface area (Å²) in [6.45, 7) is 0.511. The smallest absolute Gasteiger partial charge is 0.255 e. The van der Waals surface area contributed by atoms with E-state index in [0.717, 1.165) is 16.3 Å². The number of hydrogen-bond acceptors (Lipinski definition) is 4. The summed E-state index contributed by atoms with van der Waals surface area (Å²) in [7, 11) is 0. The lowest BCUT2D eigenvalue weighted by atomic mass is 10.1. The number of benzene rings is 4. The fourth-order valence-corrected chi connectivity index (χ4v) is 3.33. The third kappa shape index (κ3) is 5.65. The molecule has 0 radical (unpaired) electrons. The molecule has 1 amide bonds. The summed E-state index contributed by atoms with van der Waals surface area (Å²) >= 11 is 0. The van der Waals surface area contributed by atoms with Crippen molar-refractivity contribution in [2.45, 2.75) is 12.6 Å². The summed E-state index contributed by atoms with van der Waals surface area (Å²) in [5, 5.41) is 15.2. The maximum Gasteiger partial charge on any atom is 0.255 e. The molecule has 0 aliphatic heterocycles. The summed E-state index contributed by atoms with van der Waals surface area (Å²) in [6.07, 6.45) is -0.845. The molecule has 5 heteroatoms. The Balaban J connectivity index is 1.45. The maximum atomic E-state index is 13.0. The molecule has 0 bridgehead atoms. The van der Waals surface area contributed by atoms with Gasteiger partial charge in [0, 0.05) is 6.54 Å². The van der Waals surface area contributed by atoms with Crippen molar-refractivity contribution in [3.8, 4) is 11.5 Å². The molecule has 32 heavy (non-hydrogen) atoms. The van der Waals surface area contributed by atoms with Gasteiger partial charge in [0.2, 0.25) is 0 Å². The molecule has 0 heterocycles. The third-order valence-corrected chi connectivity index (χ3v) is 5.01. The predicted molar refractivity (Wildman–Crippen MR) is 125 cm³/mol. The standard InChI is InChI=1S/C27H25NO4/c29-23(18-31-24-13-5-2-6-14-24)19-32-26-16-22-12-8-7-11-21(22)15-25(26)27(30)28-17-20-9-3-1-4-10-20/h1-16,23,29H,17-19H2,(H,28,30)/t23-/m1/s1. The fraction of sp³-hybridized carbons (Fsp3) is 0.148. The third-order valence-electron chi connectivity index (χ3n) is 5.01. The Morgan fingerprint density at radius 1 is 0.781 bits per heavy atom. The monoisotopic (exact) mass is 427 g/mol. The van der Waals surface area contributed by atoms with Crippen LogP contribution in [0.15, 0.2) is 97.1 Å². The zero-order chi connectivity index (χ0) is 22.2. The van der Waals surface area contributed by atoms with Gasteiger partial charge in [0.05, 0.1) is 5.56 Å². The van der Waals surface area contributed by atoms with Gasteiger partial charge in [-0.05, 0) is 40.6 Å². The van der Waals surface area contributed by atoms with Crippen LogP contribution < -0.4 is 14.8 Å². The molecule has 0 aromatic heterocycles. The van der Waals surface area contributed by atoms with E-state index >= 15 is 0 Å². The van der Waals surface area contributed by atoms with Crippen molar-refractivity contribution in [2.75, 3.05) is 13.2 Å². The quantitative estimate of drug-likeness (QED) is 0.410. The lowest BCUT2D eigenvalue weighted by Crippen LogP contribution is -2.27. The van der Waals surface area contributed by atoms with E-state index in [9.17, 15) is 9.90 Å². The normalized spacial score (nSPS) is 11.7. The van der Waals surface area contributed by atoms with Crippen LogP contribution in [-0.2, 0) is 6.54 Å². The molecule has 4 rings (SSSR count). The molecule has 5 nitrogen and oxygen atoms in total. The first-order chi connectivity index (χ1) is 15.7. The number of hydrogen-bond donors (Lipinski definition) is 2. The van der Waals surface area contributed by atoms with Gasteiger partial charge in [0.25, 0.3) is 5.91 Å². The van der Waals surface area contributed by atoms with E-state index in [2.05, 4.69) is 5.32 Å². The van der Waals surface area contributed by atoms with Crippen molar-refractivity contribution in [3.63, 3.8) is 0 Å². The first-order valence-corrected chi connectivity index (χ1v) is 10.5. The van der Waals surface area contributed by atoms with Gasteiger partial charge in [-0.3, -0.25) is 4.79 Å². The summed E-state index contributed by atoms with van der Waals surface area (Å²) < 4.78 is 11.5. The molecule has 0 unspecified atom stereocenters. The van der Waals surface area contributed by atoms with Gasteiger partial charge in [-0.1, -0.05) is 72.8 Å². The van der Waals surface area contributed by atoms with Crippen LogP contribution in [0.1, 0.15) is 15.9 Å². The summed E-state index contributed by atoms with van der Waals surface area (Å²) in [5.41, 5.74) is 1.44. The highest BCUT2D eigenvalue weighted by Gasteiger charge is 2.16. The van der Waals surface area contributed by atoms with Gasteiger partial charge in [-0.25, -0.2) is 0 Å². The molecule has 0 spiro atoms. The summed E-state index contributed by atoms with van der Waals surface area (Å²) in [6, 6.07) is 30.4. The highest BCUT2D eigenvalue weighted by molar-refractivity contribution is 6.01. The Bertz CT molecular complexity index is 1160. The van der Waals surface area contributed by atoms with E-state index in [1.54, 1.807) is 0 Å². The highest BCUT2D eigenvalue weighted by Crippen LogP contribution is 2.26. The number of carbonyl (C=O) groups excluding carboxylic acids is 1. The average Bonchev–Trinajstić information content (AvgIpc) is 2.85. The van der Waals surface area contributed by atoms with Crippen molar-refractivity contribution >= 4 is 16.7 Å². The van der Waals surface area contributed by atoms with Crippen LogP contribution >= 0.6 is 0 Å². The molecule has 4 aromatic carbocycles. The van der Waals surface area contributed by atoms with Crippen molar-refractivity contribution in [3.05, 3.63) is 108 Å². The largest absolute Gasteiger partial charge is 0.491 e. The average molecular weight is 428 g/mol. The lowest BCUT2D eigenvalue weighted by Gasteiger charge is -2.16. The Morgan fingerprint density at radius 3 is 2.09 bits per heavy atom. The highest BCUT2D eigenvalue weighted by atomic mass is 16.5. The second-order valence-electron chi connectivity index (χ2n) is 7.45. The molecular formula is C27H25NO4. The zero-order valence-electron chi connectivity index (χ0n) is 17.6. The zero-order valence-corrected chi connectivity index (χ0v) is 17.6. The predicted octanol–water partition coefficient (Wildman–Crippen LogP) is 4.59. The van der Waals surface area contributed by atoms with Crippen molar-refractivity contribution < 1.29 is 19.4 Å². The van der Waals surface area contributed by atoms with Crippen molar-refractivity contribution in [1.29, 1.82) is 0 Å². The molecule has 162 valence electrons. The molecule has 1 atom stereocenters. The van der Waals surface area contributed by atoms with E-state index in [4.69, 9.17) is 9.47 Å². The number of ether oxygens (including phenoxy) is 2. The number of aliphatic hydroxyl groups excluding tert-OH is 1. The fourth-order valence-electron chi connectivity index (χ4n) is 3.33. The molecule has 0 fully saturated rings. The minimum atomic E-state index is -0.845. The number of aliphatic hydroxyl groups is 1. The van der Waals surface area contributed by atoms with Crippen molar-refractivity contribution in [1.82, 2.24) is 5.32 Å². The Labute approximate surface area is 187 Å². The lowest BCUT2D eigenvalue weighted by molar-refractivity contribution is 0.0619. The van der Waals surface area contributed by atoms with E-state index in [1.165, 1.54) is 0 Å². The minimum absolute atomic E-state index is 0.00411. The van der Waals surface area contributed by atoms with Crippen LogP contribution in [0, 0.1) is 0 Å². The Hall–Kier alpha value is -3.83. The number of nitrogens with one attached hydrogen (secondary N) is 1. The van der Waals surface area contributed by atoms with E-state index in [0.29, 0.717) is 23.6 Å². The van der Waals surface area contributed by atoms with Gasteiger partial charge < -0.3 is 19.9 Å². The second kappa shape index (κ2) is 10.5. The van der Waals surface area contributed by atoms with Gasteiger partial charge in [0.15, 0.2) is 0 Å². The van der Waals surface area contributed by atoms with Gasteiger partial charge in [0.1, 0.15) is 30.8 Å². The van der Waals surface area contributed by atoms with E-state index in [1.807, 2.05) is 97.1 Å². The van der Waals surface area contributed by atoms with Crippen LogP contribution in [0.25, 0.3) is 10.8 Å². The maximum absolute atomic E-state index is 13.0. The van der Waals surface area contributed by atoms with Crippen LogP contribution in [0.4, 0.5) is 0 Å². The minimum Gasteiger partial charge on any atom is -0.491 e. The van der Waals surface area contributed by atoms with E-state index < -0.39 is 6.10 Å². The van der Waals surface area contributed by atoms with Crippen molar-refractivity contribution in [2.24, 2.45) is 0 Å². The topological polar surface area (TPSA) is 67.8 Å². The van der Waals surface area contributed by atoms with Crippen LogP contribution in [-0.4, -0.2) is 30.3 Å². The number of para-hydroxylation sites is 1. The first kappa shape index (κ1) is 21.4. The van der Waals surface area contributed by atoms with Gasteiger partial charge in [-0.2, -0.15) is 0 Å². The SMILES string of the molecule is O=C(NCc1ccccc1)c1cc2ccccc2cc1OC[C@H](O)COc1ccccc1. The molecule has 0 saturated heterocycles. The molecule has 0 aliphatic carbocycles. The van der Waals surface area contributed by atoms with Gasteiger partial charge in [-0.15, -0.1) is 0 Å². The van der Waals surface area contributed by atoms with Crippen LogP contribution in [0.3, 0.4) is 0 Å². The number of amides is 1. The summed E-state index contributed by atoms with van der Waals surface area (Å²) in [5.74, 6) is 0.871. The van der Waals surface area contributed by atoms with Crippen LogP contribution in [0.5, 0.6) is 11.5 Å². The summed E-state index contributed by atoms with van der Waals surface area (Å²) in [4.78, 5) is 13.0. The Kier molecular flexibility index (Phi) is 7.00. The number of rotatable bonds is 9.